The molecule has 3 aromatic heterocycles. The summed E-state index contributed by atoms with van der Waals surface area (Å²) in [5.41, 5.74) is 1.80. The second-order valence-electron chi connectivity index (χ2n) is 5.76. The fourth-order valence-electron chi connectivity index (χ4n) is 2.78. The van der Waals surface area contributed by atoms with Crippen molar-refractivity contribution in [2.24, 2.45) is 0 Å². The first-order valence-corrected chi connectivity index (χ1v) is 8.59. The molecule has 0 saturated heterocycles. The number of hydrogen-bond donors (Lipinski definition) is 1. The zero-order valence-corrected chi connectivity index (χ0v) is 14.8. The van der Waals surface area contributed by atoms with Crippen LogP contribution in [-0.2, 0) is 6.54 Å². The number of pyridine rings is 2. The fourth-order valence-corrected chi connectivity index (χ4v) is 2.78. The first-order valence-electron chi connectivity index (χ1n) is 8.59. The molecule has 2 amide bonds. The average molecular weight is 351 g/mol. The SMILES string of the molecule is CCN(CC)C(=O)c1nc(C(=O)NCc2cccnc2)n2ccccc12. The van der Waals surface area contributed by atoms with Crippen molar-refractivity contribution >= 4 is 17.3 Å². The Morgan fingerprint density at radius 1 is 1.15 bits per heavy atom. The Bertz CT molecular complexity index is 916. The van der Waals surface area contributed by atoms with Gasteiger partial charge in [-0.15, -0.1) is 0 Å². The topological polar surface area (TPSA) is 79.6 Å². The third-order valence-corrected chi connectivity index (χ3v) is 4.18. The molecule has 0 radical (unpaired) electrons. The minimum Gasteiger partial charge on any atom is -0.345 e. The quantitative estimate of drug-likeness (QED) is 0.738. The van der Waals surface area contributed by atoms with Crippen molar-refractivity contribution in [3.05, 3.63) is 66.0 Å². The second kappa shape index (κ2) is 7.77. The van der Waals surface area contributed by atoms with Crippen LogP contribution in [0.1, 0.15) is 40.5 Å². The van der Waals surface area contributed by atoms with Crippen LogP contribution in [0.5, 0.6) is 0 Å². The van der Waals surface area contributed by atoms with Gasteiger partial charge in [0, 0.05) is 38.2 Å². The summed E-state index contributed by atoms with van der Waals surface area (Å²) in [7, 11) is 0. The van der Waals surface area contributed by atoms with E-state index in [-0.39, 0.29) is 17.6 Å². The number of carbonyl (C=O) groups is 2. The molecule has 0 aliphatic carbocycles. The molecule has 0 bridgehead atoms. The van der Waals surface area contributed by atoms with Crippen LogP contribution >= 0.6 is 0 Å². The zero-order chi connectivity index (χ0) is 18.5. The Balaban J connectivity index is 1.91. The highest BCUT2D eigenvalue weighted by Gasteiger charge is 2.23. The summed E-state index contributed by atoms with van der Waals surface area (Å²) in [4.78, 5) is 35.5. The molecule has 0 fully saturated rings. The minimum atomic E-state index is -0.339. The maximum Gasteiger partial charge on any atom is 0.287 e. The molecule has 0 saturated carbocycles. The molecule has 26 heavy (non-hydrogen) atoms. The number of fused-ring (bicyclic) bond motifs is 1. The molecule has 3 heterocycles. The molecule has 134 valence electrons. The lowest BCUT2D eigenvalue weighted by Gasteiger charge is -2.17. The largest absolute Gasteiger partial charge is 0.345 e. The van der Waals surface area contributed by atoms with Gasteiger partial charge in [-0.2, -0.15) is 0 Å². The number of nitrogens with one attached hydrogen (secondary N) is 1. The third-order valence-electron chi connectivity index (χ3n) is 4.18. The van der Waals surface area contributed by atoms with Gasteiger partial charge < -0.3 is 10.2 Å². The van der Waals surface area contributed by atoms with Gasteiger partial charge in [0.15, 0.2) is 5.69 Å². The van der Waals surface area contributed by atoms with Crippen LogP contribution in [0, 0.1) is 0 Å². The van der Waals surface area contributed by atoms with Gasteiger partial charge in [0.25, 0.3) is 11.8 Å². The Labute approximate surface area is 151 Å². The van der Waals surface area contributed by atoms with E-state index in [9.17, 15) is 9.59 Å². The minimum absolute atomic E-state index is 0.176. The smallest absolute Gasteiger partial charge is 0.287 e. The van der Waals surface area contributed by atoms with Crippen molar-refractivity contribution in [2.45, 2.75) is 20.4 Å². The van der Waals surface area contributed by atoms with E-state index in [0.717, 1.165) is 5.56 Å². The van der Waals surface area contributed by atoms with E-state index in [1.165, 1.54) is 0 Å². The van der Waals surface area contributed by atoms with E-state index in [0.29, 0.717) is 30.8 Å². The van der Waals surface area contributed by atoms with E-state index in [1.807, 2.05) is 32.0 Å². The average Bonchev–Trinajstić information content (AvgIpc) is 3.07. The standard InChI is InChI=1S/C19H21N5O2/c1-3-23(4-2)19(26)16-15-9-5-6-11-24(15)17(22-16)18(25)21-13-14-8-7-10-20-12-14/h5-12H,3-4,13H2,1-2H3,(H,21,25). The van der Waals surface area contributed by atoms with Gasteiger partial charge in [-0.05, 0) is 37.6 Å². The van der Waals surface area contributed by atoms with E-state index >= 15 is 0 Å². The van der Waals surface area contributed by atoms with Crippen molar-refractivity contribution in [1.29, 1.82) is 0 Å². The summed E-state index contributed by atoms with van der Waals surface area (Å²) in [5, 5.41) is 2.83. The zero-order valence-electron chi connectivity index (χ0n) is 14.8. The van der Waals surface area contributed by atoms with Crippen molar-refractivity contribution in [2.75, 3.05) is 13.1 Å². The second-order valence-corrected chi connectivity index (χ2v) is 5.76. The summed E-state index contributed by atoms with van der Waals surface area (Å²) in [6.07, 6.45) is 5.11. The molecule has 1 N–H and O–H groups in total. The molecule has 0 aliphatic heterocycles. The molecule has 7 nitrogen and oxygen atoms in total. The lowest BCUT2D eigenvalue weighted by Crippen LogP contribution is -2.31. The van der Waals surface area contributed by atoms with Crippen LogP contribution < -0.4 is 5.32 Å². The number of amides is 2. The predicted octanol–water partition coefficient (Wildman–Crippen LogP) is 2.14. The van der Waals surface area contributed by atoms with E-state index in [1.54, 1.807) is 40.0 Å². The highest BCUT2D eigenvalue weighted by molar-refractivity contribution is 6.02. The summed E-state index contributed by atoms with van der Waals surface area (Å²) in [6, 6.07) is 9.12. The molecule has 0 atom stereocenters. The van der Waals surface area contributed by atoms with Gasteiger partial charge in [0.2, 0.25) is 5.82 Å². The molecular formula is C19H21N5O2. The monoisotopic (exact) mass is 351 g/mol. The first kappa shape index (κ1) is 17.6. The predicted molar refractivity (Wildman–Crippen MR) is 97.9 cm³/mol. The maximum atomic E-state index is 12.7. The molecule has 0 aromatic carbocycles. The molecule has 7 heteroatoms. The van der Waals surface area contributed by atoms with Crippen molar-refractivity contribution in [1.82, 2.24) is 24.6 Å². The van der Waals surface area contributed by atoms with Crippen LogP contribution in [0.3, 0.4) is 0 Å². The number of aromatic nitrogens is 3. The Morgan fingerprint density at radius 2 is 1.96 bits per heavy atom. The van der Waals surface area contributed by atoms with E-state index in [4.69, 9.17) is 0 Å². The highest BCUT2D eigenvalue weighted by Crippen LogP contribution is 2.15. The third kappa shape index (κ3) is 3.42. The number of hydrogen-bond acceptors (Lipinski definition) is 4. The van der Waals surface area contributed by atoms with Gasteiger partial charge in [0.1, 0.15) is 0 Å². The number of carbonyl (C=O) groups excluding carboxylic acids is 2. The highest BCUT2D eigenvalue weighted by atomic mass is 16.2. The van der Waals surface area contributed by atoms with Crippen molar-refractivity contribution in [3.8, 4) is 0 Å². The van der Waals surface area contributed by atoms with Crippen LogP contribution in [0.2, 0.25) is 0 Å². The van der Waals surface area contributed by atoms with Gasteiger partial charge in [-0.1, -0.05) is 12.1 Å². The van der Waals surface area contributed by atoms with Crippen LogP contribution in [0.4, 0.5) is 0 Å². The lowest BCUT2D eigenvalue weighted by molar-refractivity contribution is 0.0769. The summed E-state index contributed by atoms with van der Waals surface area (Å²) in [5.74, 6) is -0.321. The Kier molecular flexibility index (Phi) is 5.26. The first-order chi connectivity index (χ1) is 12.7. The molecule has 0 spiro atoms. The lowest BCUT2D eigenvalue weighted by atomic mass is 10.3. The van der Waals surface area contributed by atoms with Gasteiger partial charge in [-0.3, -0.25) is 19.0 Å². The molecular weight excluding hydrogens is 330 g/mol. The molecule has 3 aromatic rings. The van der Waals surface area contributed by atoms with Crippen LogP contribution in [0.15, 0.2) is 48.9 Å². The molecule has 3 rings (SSSR count). The van der Waals surface area contributed by atoms with Crippen LogP contribution in [-0.4, -0.2) is 44.2 Å². The Morgan fingerprint density at radius 3 is 2.65 bits per heavy atom. The van der Waals surface area contributed by atoms with Crippen molar-refractivity contribution < 1.29 is 9.59 Å². The van der Waals surface area contributed by atoms with Crippen molar-refractivity contribution in [3.63, 3.8) is 0 Å². The number of rotatable bonds is 6. The molecule has 0 aliphatic rings. The fraction of sp³-hybridized carbons (Fsp3) is 0.263. The summed E-state index contributed by atoms with van der Waals surface area (Å²) < 4.78 is 1.65. The normalized spacial score (nSPS) is 10.7. The number of nitrogens with zero attached hydrogens (tertiary/aromatic N) is 4. The van der Waals surface area contributed by atoms with E-state index in [2.05, 4.69) is 15.3 Å². The molecule has 0 unspecified atom stereocenters. The Hall–Kier alpha value is -3.22. The van der Waals surface area contributed by atoms with Gasteiger partial charge >= 0.3 is 0 Å². The van der Waals surface area contributed by atoms with Gasteiger partial charge in [0.05, 0.1) is 5.52 Å². The van der Waals surface area contributed by atoms with Gasteiger partial charge in [-0.25, -0.2) is 4.98 Å². The van der Waals surface area contributed by atoms with Crippen LogP contribution in [0.25, 0.3) is 5.52 Å². The summed E-state index contributed by atoms with van der Waals surface area (Å²) >= 11 is 0. The number of imidazole rings is 1. The van der Waals surface area contributed by atoms with E-state index < -0.39 is 0 Å². The maximum absolute atomic E-state index is 12.7. The summed E-state index contributed by atoms with van der Waals surface area (Å²) in [6.45, 7) is 5.35.